The molecule has 2 aromatic carbocycles. The van der Waals surface area contributed by atoms with Crippen molar-refractivity contribution in [2.24, 2.45) is 0 Å². The molecule has 1 heterocycles. The van der Waals surface area contributed by atoms with Gasteiger partial charge < -0.3 is 19.0 Å². The smallest absolute Gasteiger partial charge is 0.306 e. The number of carbonyl (C=O) groups is 1. The normalized spacial score (nSPS) is 12.1. The SMILES string of the molecule is COCc1cc(=O)c(O)c([C@@H](CC(=O)OC)c2cccc3ccccc23)o1. The van der Waals surface area contributed by atoms with E-state index in [9.17, 15) is 14.7 Å². The first-order valence-electron chi connectivity index (χ1n) is 8.44. The van der Waals surface area contributed by atoms with E-state index in [0.717, 1.165) is 16.3 Å². The topological polar surface area (TPSA) is 86.0 Å². The highest BCUT2D eigenvalue weighted by molar-refractivity contribution is 5.87. The average molecular weight is 368 g/mol. The van der Waals surface area contributed by atoms with E-state index < -0.39 is 23.1 Å². The van der Waals surface area contributed by atoms with Gasteiger partial charge in [-0.2, -0.15) is 0 Å². The maximum absolute atomic E-state index is 12.2. The molecular formula is C21H20O6. The van der Waals surface area contributed by atoms with Crippen LogP contribution < -0.4 is 5.43 Å². The monoisotopic (exact) mass is 368 g/mol. The van der Waals surface area contributed by atoms with Crippen LogP contribution in [0.15, 0.2) is 57.7 Å². The molecule has 27 heavy (non-hydrogen) atoms. The lowest BCUT2D eigenvalue weighted by Crippen LogP contribution is -2.14. The number of carbonyl (C=O) groups excluding carboxylic acids is 1. The number of aromatic hydroxyl groups is 1. The van der Waals surface area contributed by atoms with Gasteiger partial charge in [0, 0.05) is 13.2 Å². The van der Waals surface area contributed by atoms with E-state index in [0.29, 0.717) is 0 Å². The van der Waals surface area contributed by atoms with E-state index >= 15 is 0 Å². The van der Waals surface area contributed by atoms with Gasteiger partial charge in [-0.1, -0.05) is 42.5 Å². The minimum atomic E-state index is -0.687. The van der Waals surface area contributed by atoms with Crippen molar-refractivity contribution in [1.29, 1.82) is 0 Å². The fourth-order valence-corrected chi connectivity index (χ4v) is 3.15. The van der Waals surface area contributed by atoms with Crippen LogP contribution in [-0.4, -0.2) is 25.3 Å². The fraction of sp³-hybridized carbons (Fsp3) is 0.238. The van der Waals surface area contributed by atoms with Gasteiger partial charge in [0.05, 0.1) is 19.4 Å². The van der Waals surface area contributed by atoms with E-state index in [1.54, 1.807) is 0 Å². The molecule has 6 heteroatoms. The zero-order valence-electron chi connectivity index (χ0n) is 15.1. The molecule has 6 nitrogen and oxygen atoms in total. The third-order valence-electron chi connectivity index (χ3n) is 4.40. The molecule has 0 saturated carbocycles. The highest BCUT2D eigenvalue weighted by atomic mass is 16.5. The number of benzene rings is 2. The van der Waals surface area contributed by atoms with Gasteiger partial charge in [-0.05, 0) is 16.3 Å². The van der Waals surface area contributed by atoms with Crippen LogP contribution in [0.1, 0.15) is 29.4 Å². The number of methoxy groups -OCH3 is 2. The minimum Gasteiger partial charge on any atom is -0.502 e. The zero-order chi connectivity index (χ0) is 19.4. The molecule has 0 fully saturated rings. The quantitative estimate of drug-likeness (QED) is 0.672. The van der Waals surface area contributed by atoms with Gasteiger partial charge in [0.2, 0.25) is 11.2 Å². The van der Waals surface area contributed by atoms with Gasteiger partial charge in [-0.25, -0.2) is 0 Å². The Morgan fingerprint density at radius 2 is 1.89 bits per heavy atom. The number of esters is 1. The standard InChI is InChI=1S/C21H20O6/c1-25-12-14-10-18(22)20(24)21(27-14)17(11-19(23)26-2)16-9-5-7-13-6-3-4-8-15(13)16/h3-10,17,24H,11-12H2,1-2H3/t17-/m0/s1. The Morgan fingerprint density at radius 3 is 2.63 bits per heavy atom. The molecule has 0 aliphatic heterocycles. The van der Waals surface area contributed by atoms with Crippen molar-refractivity contribution < 1.29 is 23.8 Å². The second-order valence-corrected chi connectivity index (χ2v) is 6.12. The van der Waals surface area contributed by atoms with Crippen LogP contribution in [0.4, 0.5) is 0 Å². The first-order chi connectivity index (χ1) is 13.0. The Kier molecular flexibility index (Phi) is 5.57. The van der Waals surface area contributed by atoms with E-state index in [1.807, 2.05) is 42.5 Å². The lowest BCUT2D eigenvalue weighted by atomic mass is 9.88. The van der Waals surface area contributed by atoms with Gasteiger partial charge in [-0.15, -0.1) is 0 Å². The van der Waals surface area contributed by atoms with Gasteiger partial charge in [-0.3, -0.25) is 9.59 Å². The van der Waals surface area contributed by atoms with Crippen LogP contribution in [0.3, 0.4) is 0 Å². The lowest BCUT2D eigenvalue weighted by Gasteiger charge is -2.19. The predicted octanol–water partition coefficient (Wildman–Crippen LogP) is 3.34. The van der Waals surface area contributed by atoms with Gasteiger partial charge in [0.25, 0.3) is 0 Å². The van der Waals surface area contributed by atoms with Crippen LogP contribution in [0.2, 0.25) is 0 Å². The van der Waals surface area contributed by atoms with Crippen molar-refractivity contribution in [3.8, 4) is 5.75 Å². The van der Waals surface area contributed by atoms with E-state index in [1.165, 1.54) is 20.3 Å². The summed E-state index contributed by atoms with van der Waals surface area (Å²) in [5.41, 5.74) is 0.171. The highest BCUT2D eigenvalue weighted by Gasteiger charge is 2.27. The summed E-state index contributed by atoms with van der Waals surface area (Å²) >= 11 is 0. The maximum atomic E-state index is 12.2. The summed E-state index contributed by atoms with van der Waals surface area (Å²) < 4.78 is 15.6. The minimum absolute atomic E-state index is 0.0244. The Bertz CT molecular complexity index is 1020. The molecule has 0 amide bonds. The Labute approximate surface area is 156 Å². The average Bonchev–Trinajstić information content (AvgIpc) is 2.68. The van der Waals surface area contributed by atoms with Crippen LogP contribution in [-0.2, 0) is 20.9 Å². The summed E-state index contributed by atoms with van der Waals surface area (Å²) in [6, 6.07) is 14.5. The lowest BCUT2D eigenvalue weighted by molar-refractivity contribution is -0.140. The van der Waals surface area contributed by atoms with E-state index in [-0.39, 0.29) is 24.5 Å². The van der Waals surface area contributed by atoms with Crippen LogP contribution in [0.25, 0.3) is 10.8 Å². The molecule has 0 aliphatic rings. The van der Waals surface area contributed by atoms with Gasteiger partial charge in [0.1, 0.15) is 12.4 Å². The zero-order valence-corrected chi connectivity index (χ0v) is 15.1. The first-order valence-corrected chi connectivity index (χ1v) is 8.44. The Morgan fingerprint density at radius 1 is 1.15 bits per heavy atom. The van der Waals surface area contributed by atoms with Gasteiger partial charge in [0.15, 0.2) is 5.76 Å². The third-order valence-corrected chi connectivity index (χ3v) is 4.40. The third kappa shape index (κ3) is 3.85. The number of ether oxygens (including phenoxy) is 2. The molecule has 0 aliphatic carbocycles. The molecule has 3 rings (SSSR count). The van der Waals surface area contributed by atoms with Gasteiger partial charge >= 0.3 is 5.97 Å². The van der Waals surface area contributed by atoms with Crippen LogP contribution in [0.5, 0.6) is 5.75 Å². The second-order valence-electron chi connectivity index (χ2n) is 6.12. The van der Waals surface area contributed by atoms with Crippen LogP contribution >= 0.6 is 0 Å². The van der Waals surface area contributed by atoms with Crippen molar-refractivity contribution in [3.05, 3.63) is 75.8 Å². The molecule has 1 atom stereocenters. The van der Waals surface area contributed by atoms with Crippen molar-refractivity contribution in [3.63, 3.8) is 0 Å². The summed E-state index contributed by atoms with van der Waals surface area (Å²) in [7, 11) is 2.77. The summed E-state index contributed by atoms with van der Waals surface area (Å²) in [5.74, 6) is -1.39. The molecule has 0 saturated heterocycles. The number of hydrogen-bond donors (Lipinski definition) is 1. The maximum Gasteiger partial charge on any atom is 0.306 e. The van der Waals surface area contributed by atoms with Crippen molar-refractivity contribution in [2.45, 2.75) is 18.9 Å². The van der Waals surface area contributed by atoms with E-state index in [2.05, 4.69) is 0 Å². The Balaban J connectivity index is 2.23. The molecule has 0 spiro atoms. The fourth-order valence-electron chi connectivity index (χ4n) is 3.15. The number of hydrogen-bond acceptors (Lipinski definition) is 6. The molecule has 140 valence electrons. The second kappa shape index (κ2) is 8.05. The highest BCUT2D eigenvalue weighted by Crippen LogP contribution is 2.37. The summed E-state index contributed by atoms with van der Waals surface area (Å²) in [6.45, 7) is 0.0724. The predicted molar refractivity (Wildman–Crippen MR) is 99.8 cm³/mol. The summed E-state index contributed by atoms with van der Waals surface area (Å²) in [5, 5.41) is 12.2. The molecule has 1 aromatic heterocycles. The first kappa shape index (κ1) is 18.7. The summed E-state index contributed by atoms with van der Waals surface area (Å²) in [4.78, 5) is 24.3. The molecule has 0 radical (unpaired) electrons. The number of fused-ring (bicyclic) bond motifs is 1. The summed E-state index contributed by atoms with van der Waals surface area (Å²) in [6.07, 6.45) is -0.0859. The van der Waals surface area contributed by atoms with Crippen molar-refractivity contribution >= 4 is 16.7 Å². The van der Waals surface area contributed by atoms with Crippen LogP contribution in [0, 0.1) is 0 Å². The molecule has 0 bridgehead atoms. The van der Waals surface area contributed by atoms with Crippen molar-refractivity contribution in [2.75, 3.05) is 14.2 Å². The molecule has 3 aromatic rings. The molecule has 0 unspecified atom stereocenters. The Hall–Kier alpha value is -3.12. The van der Waals surface area contributed by atoms with Crippen molar-refractivity contribution in [1.82, 2.24) is 0 Å². The molecule has 1 N–H and O–H groups in total. The van der Waals surface area contributed by atoms with E-state index in [4.69, 9.17) is 13.9 Å². The largest absolute Gasteiger partial charge is 0.502 e. The molecular weight excluding hydrogens is 348 g/mol. The number of rotatable bonds is 6.